The number of amidine groups is 1. The number of benzene rings is 1. The number of rotatable bonds is 6. The van der Waals surface area contributed by atoms with Crippen molar-refractivity contribution in [2.24, 2.45) is 4.99 Å². The number of carboxylic acids is 1. The fourth-order valence-corrected chi connectivity index (χ4v) is 7.41. The average molecular weight is 447 g/mol. The summed E-state index contributed by atoms with van der Waals surface area (Å²) in [6.45, 7) is 0. The maximum atomic E-state index is 12.2. The second-order valence-electron chi connectivity index (χ2n) is 6.52. The molecule has 11 heteroatoms. The Balaban J connectivity index is 1.89. The molecule has 1 aromatic rings. The highest BCUT2D eigenvalue weighted by Crippen LogP contribution is 2.42. The Kier molecular flexibility index (Phi) is 6.21. The van der Waals surface area contributed by atoms with Crippen LogP contribution >= 0.6 is 23.4 Å². The number of anilines is 1. The average Bonchev–Trinajstić information content (AvgIpc) is 3.05. The molecule has 0 aliphatic carbocycles. The Bertz CT molecular complexity index is 934. The number of aliphatic imine (C=N–C) groups is 1. The highest BCUT2D eigenvalue weighted by molar-refractivity contribution is 8.16. The van der Waals surface area contributed by atoms with E-state index >= 15 is 0 Å². The molecule has 0 aromatic heterocycles. The first-order valence-electron chi connectivity index (χ1n) is 8.53. The van der Waals surface area contributed by atoms with Gasteiger partial charge in [0.05, 0.1) is 29.7 Å². The van der Waals surface area contributed by atoms with Crippen molar-refractivity contribution in [1.82, 2.24) is 0 Å². The molecule has 2 unspecified atom stereocenters. The highest BCUT2D eigenvalue weighted by atomic mass is 35.5. The normalized spacial score (nSPS) is 24.4. The molecule has 0 spiro atoms. The van der Waals surface area contributed by atoms with Crippen LogP contribution in [0.25, 0.3) is 0 Å². The largest absolute Gasteiger partial charge is 0.495 e. The van der Waals surface area contributed by atoms with E-state index in [1.54, 1.807) is 23.1 Å². The first-order valence-corrected chi connectivity index (χ1v) is 11.6. The number of hydrogen-bond acceptors (Lipinski definition) is 6. The summed E-state index contributed by atoms with van der Waals surface area (Å²) < 4.78 is 29.3. The number of halogens is 1. The van der Waals surface area contributed by atoms with E-state index in [4.69, 9.17) is 21.4 Å². The van der Waals surface area contributed by atoms with Crippen molar-refractivity contribution in [3.63, 3.8) is 0 Å². The van der Waals surface area contributed by atoms with Gasteiger partial charge in [-0.1, -0.05) is 23.4 Å². The molecular weight excluding hydrogens is 428 g/mol. The molecule has 28 heavy (non-hydrogen) atoms. The zero-order valence-corrected chi connectivity index (χ0v) is 17.4. The van der Waals surface area contributed by atoms with Gasteiger partial charge in [-0.2, -0.15) is 4.99 Å². The van der Waals surface area contributed by atoms with E-state index in [2.05, 4.69) is 4.99 Å². The van der Waals surface area contributed by atoms with E-state index in [0.29, 0.717) is 21.6 Å². The molecule has 2 fully saturated rings. The number of methoxy groups -OCH3 is 1. The number of thioether (sulfide) groups is 1. The molecule has 2 atom stereocenters. The number of amides is 1. The van der Waals surface area contributed by atoms with Gasteiger partial charge in [0.1, 0.15) is 5.75 Å². The van der Waals surface area contributed by atoms with E-state index in [9.17, 15) is 18.0 Å². The minimum Gasteiger partial charge on any atom is -0.495 e. The van der Waals surface area contributed by atoms with Gasteiger partial charge in [-0.15, -0.1) is 0 Å². The summed E-state index contributed by atoms with van der Waals surface area (Å²) in [6, 6.07) is 4.72. The van der Waals surface area contributed by atoms with Gasteiger partial charge in [0.15, 0.2) is 15.0 Å². The lowest BCUT2D eigenvalue weighted by molar-refractivity contribution is -0.137. The van der Waals surface area contributed by atoms with Crippen molar-refractivity contribution in [3.8, 4) is 5.75 Å². The Hall–Kier alpha value is -1.78. The van der Waals surface area contributed by atoms with Crippen molar-refractivity contribution in [2.45, 2.75) is 30.6 Å². The molecule has 0 radical (unpaired) electrons. The van der Waals surface area contributed by atoms with Crippen LogP contribution in [-0.4, -0.2) is 60.5 Å². The van der Waals surface area contributed by atoms with E-state index in [0.717, 1.165) is 0 Å². The summed E-state index contributed by atoms with van der Waals surface area (Å²) in [5.41, 5.74) is 0.625. The lowest BCUT2D eigenvalue weighted by Crippen LogP contribution is -2.37. The van der Waals surface area contributed by atoms with Crippen LogP contribution in [0.3, 0.4) is 0 Å². The van der Waals surface area contributed by atoms with Crippen LogP contribution in [0.2, 0.25) is 5.02 Å². The number of carboxylic acid groups (broad SMARTS) is 1. The maximum Gasteiger partial charge on any atom is 0.303 e. The molecule has 2 aliphatic heterocycles. The SMILES string of the molecule is COc1ccc(N2C(=NC(=O)CCCC(=O)O)SC3CS(=O)(=O)CC32)cc1Cl. The third-order valence-corrected chi connectivity index (χ3v) is 7.99. The summed E-state index contributed by atoms with van der Waals surface area (Å²) in [4.78, 5) is 28.7. The van der Waals surface area contributed by atoms with Crippen LogP contribution in [0, 0.1) is 0 Å². The quantitative estimate of drug-likeness (QED) is 0.707. The van der Waals surface area contributed by atoms with Gasteiger partial charge in [0.25, 0.3) is 0 Å². The van der Waals surface area contributed by atoms with Crippen LogP contribution in [-0.2, 0) is 19.4 Å². The Morgan fingerprint density at radius 3 is 2.75 bits per heavy atom. The van der Waals surface area contributed by atoms with E-state index in [1.807, 2.05) is 0 Å². The predicted octanol–water partition coefficient (Wildman–Crippen LogP) is 2.20. The Morgan fingerprint density at radius 1 is 1.36 bits per heavy atom. The van der Waals surface area contributed by atoms with Crippen LogP contribution in [0.15, 0.2) is 23.2 Å². The molecule has 1 amide bonds. The number of hydrogen-bond donors (Lipinski definition) is 1. The van der Waals surface area contributed by atoms with Gasteiger partial charge >= 0.3 is 5.97 Å². The first kappa shape index (κ1) is 20.9. The first-order chi connectivity index (χ1) is 13.2. The number of carbonyl (C=O) groups excluding carboxylic acids is 1. The molecule has 152 valence electrons. The molecular formula is C17H19ClN2O6S2. The van der Waals surface area contributed by atoms with Gasteiger partial charge in [0.2, 0.25) is 5.91 Å². The van der Waals surface area contributed by atoms with E-state index in [1.165, 1.54) is 18.9 Å². The molecule has 2 aliphatic rings. The number of aliphatic carboxylic acids is 1. The van der Waals surface area contributed by atoms with Gasteiger partial charge in [-0.3, -0.25) is 9.59 Å². The van der Waals surface area contributed by atoms with Gasteiger partial charge in [0, 0.05) is 23.8 Å². The number of ether oxygens (including phenoxy) is 1. The Morgan fingerprint density at radius 2 is 2.11 bits per heavy atom. The number of carbonyl (C=O) groups is 2. The third kappa shape index (κ3) is 4.61. The van der Waals surface area contributed by atoms with Crippen molar-refractivity contribution in [1.29, 1.82) is 0 Å². The topological polar surface area (TPSA) is 113 Å². The second kappa shape index (κ2) is 8.30. The molecule has 0 bridgehead atoms. The number of sulfone groups is 1. The van der Waals surface area contributed by atoms with E-state index in [-0.39, 0.29) is 42.1 Å². The highest BCUT2D eigenvalue weighted by Gasteiger charge is 2.49. The lowest BCUT2D eigenvalue weighted by Gasteiger charge is -2.25. The van der Waals surface area contributed by atoms with Crippen LogP contribution in [0.5, 0.6) is 5.75 Å². The van der Waals surface area contributed by atoms with Crippen molar-refractivity contribution in [2.75, 3.05) is 23.5 Å². The standard InChI is InChI=1S/C17H19ClN2O6S2/c1-26-13-6-5-10(7-11(13)18)20-12-8-28(24,25)9-14(12)27-17(20)19-15(21)3-2-4-16(22)23/h5-7,12,14H,2-4,8-9H2,1H3,(H,22,23). The minimum absolute atomic E-state index is 0.0151. The van der Waals surface area contributed by atoms with Gasteiger partial charge in [-0.05, 0) is 24.6 Å². The van der Waals surface area contributed by atoms with Crippen molar-refractivity contribution >= 4 is 55.9 Å². The summed E-state index contributed by atoms with van der Waals surface area (Å²) >= 11 is 7.48. The third-order valence-electron chi connectivity index (χ3n) is 4.48. The fourth-order valence-electron chi connectivity index (χ4n) is 3.22. The smallest absolute Gasteiger partial charge is 0.303 e. The molecule has 1 aromatic carbocycles. The lowest BCUT2D eigenvalue weighted by atomic mass is 10.2. The fraction of sp³-hybridized carbons (Fsp3) is 0.471. The molecule has 2 saturated heterocycles. The zero-order chi connectivity index (χ0) is 20.5. The van der Waals surface area contributed by atoms with Crippen LogP contribution in [0.4, 0.5) is 5.69 Å². The van der Waals surface area contributed by atoms with Crippen molar-refractivity contribution in [3.05, 3.63) is 23.2 Å². The maximum absolute atomic E-state index is 12.2. The predicted molar refractivity (Wildman–Crippen MR) is 108 cm³/mol. The monoisotopic (exact) mass is 446 g/mol. The minimum atomic E-state index is -3.17. The van der Waals surface area contributed by atoms with Gasteiger partial charge in [-0.25, -0.2) is 8.42 Å². The summed E-state index contributed by atoms with van der Waals surface area (Å²) in [5, 5.41) is 9.23. The van der Waals surface area contributed by atoms with E-state index < -0.39 is 21.7 Å². The summed E-state index contributed by atoms with van der Waals surface area (Å²) in [6.07, 6.45) is 0.109. The van der Waals surface area contributed by atoms with Crippen LogP contribution < -0.4 is 9.64 Å². The molecule has 8 nitrogen and oxygen atoms in total. The molecule has 1 N–H and O–H groups in total. The molecule has 3 rings (SSSR count). The Labute approximate surface area is 171 Å². The number of fused-ring (bicyclic) bond motifs is 1. The molecule has 0 saturated carbocycles. The summed E-state index contributed by atoms with van der Waals surface area (Å²) in [5.74, 6) is -0.924. The van der Waals surface area contributed by atoms with Crippen LogP contribution in [0.1, 0.15) is 19.3 Å². The number of nitrogens with zero attached hydrogens (tertiary/aromatic N) is 2. The molecule has 2 heterocycles. The van der Waals surface area contributed by atoms with Gasteiger partial charge < -0.3 is 14.7 Å². The second-order valence-corrected chi connectivity index (χ2v) is 10.3. The van der Waals surface area contributed by atoms with Crippen molar-refractivity contribution < 1.29 is 27.9 Å². The summed E-state index contributed by atoms with van der Waals surface area (Å²) in [7, 11) is -1.68. The zero-order valence-electron chi connectivity index (χ0n) is 15.0.